The number of benzene rings is 10. The van der Waals surface area contributed by atoms with Gasteiger partial charge < -0.3 is 4.57 Å². The fraction of sp³-hybridized carbons (Fsp3) is 0. The highest BCUT2D eigenvalue weighted by Gasteiger charge is 2.20. The Morgan fingerprint density at radius 1 is 0.310 bits per heavy atom. The molecule has 0 radical (unpaired) electrons. The molecule has 268 valence electrons. The predicted octanol–water partition coefficient (Wildman–Crippen LogP) is 14.1. The fourth-order valence-corrected chi connectivity index (χ4v) is 9.67. The van der Waals surface area contributed by atoms with Crippen LogP contribution in [0.5, 0.6) is 0 Å². The summed E-state index contributed by atoms with van der Waals surface area (Å²) < 4.78 is 4.71. The first-order valence-electron chi connectivity index (χ1n) is 19.8. The van der Waals surface area contributed by atoms with E-state index in [-0.39, 0.29) is 0 Å². The fourth-order valence-electron chi connectivity index (χ4n) is 9.67. The summed E-state index contributed by atoms with van der Waals surface area (Å²) in [6.45, 7) is 0. The largest absolute Gasteiger partial charge is 0.309 e. The van der Waals surface area contributed by atoms with Crippen molar-refractivity contribution in [2.75, 3.05) is 0 Å². The van der Waals surface area contributed by atoms with E-state index in [1.807, 2.05) is 0 Å². The van der Waals surface area contributed by atoms with Gasteiger partial charge in [-0.25, -0.2) is 9.97 Å². The van der Waals surface area contributed by atoms with Gasteiger partial charge in [-0.2, -0.15) is 0 Å². The molecule has 0 saturated heterocycles. The van der Waals surface area contributed by atoms with E-state index < -0.39 is 0 Å². The summed E-state index contributed by atoms with van der Waals surface area (Å²) in [6, 6.07) is 70.2. The molecular weight excluding hydrogens is 705 g/mol. The van der Waals surface area contributed by atoms with Crippen molar-refractivity contribution in [3.8, 4) is 22.9 Å². The third-order valence-electron chi connectivity index (χ3n) is 12.2. The van der Waals surface area contributed by atoms with Crippen LogP contribution in [-0.2, 0) is 0 Å². The molecule has 4 heteroatoms. The number of fused-ring (bicyclic) bond motifs is 13. The minimum Gasteiger partial charge on any atom is -0.309 e. The van der Waals surface area contributed by atoms with Crippen LogP contribution in [0.4, 0.5) is 0 Å². The number of rotatable bonds is 3. The zero-order valence-corrected chi connectivity index (χ0v) is 31.3. The second kappa shape index (κ2) is 11.8. The molecule has 0 fully saturated rings. The molecule has 0 N–H and O–H groups in total. The highest BCUT2D eigenvalue weighted by molar-refractivity contribution is 6.20. The van der Waals surface area contributed by atoms with E-state index in [2.05, 4.69) is 203 Å². The maximum absolute atomic E-state index is 5.53. The van der Waals surface area contributed by atoms with Crippen LogP contribution in [0.1, 0.15) is 0 Å². The molecule has 58 heavy (non-hydrogen) atoms. The molecule has 0 aliphatic rings. The lowest BCUT2D eigenvalue weighted by Gasteiger charge is -2.15. The highest BCUT2D eigenvalue weighted by atomic mass is 15.2. The summed E-state index contributed by atoms with van der Waals surface area (Å²) in [6.07, 6.45) is 0. The van der Waals surface area contributed by atoms with Crippen LogP contribution in [-0.4, -0.2) is 19.1 Å². The van der Waals surface area contributed by atoms with Crippen molar-refractivity contribution < 1.29 is 0 Å². The molecule has 0 atom stereocenters. The number of nitrogens with zero attached hydrogens (tertiary/aromatic N) is 4. The van der Waals surface area contributed by atoms with E-state index in [4.69, 9.17) is 9.97 Å². The summed E-state index contributed by atoms with van der Waals surface area (Å²) in [5.74, 6) is 0.658. The Morgan fingerprint density at radius 2 is 0.931 bits per heavy atom. The van der Waals surface area contributed by atoms with Crippen molar-refractivity contribution >= 4 is 97.6 Å². The lowest BCUT2D eigenvalue weighted by molar-refractivity contribution is 1.01. The third kappa shape index (κ3) is 4.40. The number of aromatic nitrogens is 4. The van der Waals surface area contributed by atoms with Gasteiger partial charge in [-0.15, -0.1) is 0 Å². The van der Waals surface area contributed by atoms with Crippen molar-refractivity contribution in [1.82, 2.24) is 19.1 Å². The molecule has 0 bridgehead atoms. The van der Waals surface area contributed by atoms with Gasteiger partial charge >= 0.3 is 0 Å². The van der Waals surface area contributed by atoms with Crippen LogP contribution >= 0.6 is 0 Å². The van der Waals surface area contributed by atoms with Gasteiger partial charge in [-0.3, -0.25) is 4.57 Å². The molecule has 13 rings (SSSR count). The Morgan fingerprint density at radius 3 is 1.76 bits per heavy atom. The van der Waals surface area contributed by atoms with Gasteiger partial charge in [0.2, 0.25) is 5.95 Å². The van der Waals surface area contributed by atoms with Gasteiger partial charge in [0.1, 0.15) is 0 Å². The molecule has 0 amide bonds. The first kappa shape index (κ1) is 31.4. The molecule has 13 aromatic rings. The highest BCUT2D eigenvalue weighted by Crippen LogP contribution is 2.41. The Balaban J connectivity index is 1.07. The molecule has 3 heterocycles. The second-order valence-electron chi connectivity index (χ2n) is 15.4. The van der Waals surface area contributed by atoms with Gasteiger partial charge in [0.05, 0.1) is 33.3 Å². The Kier molecular flexibility index (Phi) is 6.41. The molecule has 0 spiro atoms. The molecule has 3 aromatic heterocycles. The first-order valence-corrected chi connectivity index (χ1v) is 19.8. The van der Waals surface area contributed by atoms with Gasteiger partial charge in [0, 0.05) is 43.6 Å². The minimum atomic E-state index is 0.658. The van der Waals surface area contributed by atoms with Crippen molar-refractivity contribution in [3.63, 3.8) is 0 Å². The van der Waals surface area contributed by atoms with E-state index in [9.17, 15) is 0 Å². The maximum atomic E-state index is 5.53. The third-order valence-corrected chi connectivity index (χ3v) is 12.2. The standard InChI is InChI=1S/C54H32N4/c1-4-16-39-33(13-1)26-28-44-42-19-8-11-23-49(42)57(53(39)44)37-27-25-34-32-51-46(31-36(34)29-37)43-20-9-12-24-50(43)58(51)54-55-48-22-10-7-21-45(48)52(56-54)47-30-35-14-2-3-15-38(35)40-17-5-6-18-41(40)47/h1-32H. The van der Waals surface area contributed by atoms with Crippen LogP contribution in [0.3, 0.4) is 0 Å². The van der Waals surface area contributed by atoms with Crippen LogP contribution in [0, 0.1) is 0 Å². The number of para-hydroxylation sites is 3. The van der Waals surface area contributed by atoms with E-state index >= 15 is 0 Å². The summed E-state index contributed by atoms with van der Waals surface area (Å²) >= 11 is 0. The maximum Gasteiger partial charge on any atom is 0.235 e. The van der Waals surface area contributed by atoms with Crippen LogP contribution in [0.25, 0.3) is 120 Å². The second-order valence-corrected chi connectivity index (χ2v) is 15.4. The smallest absolute Gasteiger partial charge is 0.235 e. The summed E-state index contributed by atoms with van der Waals surface area (Å²) in [5, 5.41) is 15.5. The van der Waals surface area contributed by atoms with E-state index in [0.29, 0.717) is 5.95 Å². The van der Waals surface area contributed by atoms with Gasteiger partial charge in [0.15, 0.2) is 0 Å². The monoisotopic (exact) mass is 736 g/mol. The zero-order valence-electron chi connectivity index (χ0n) is 31.3. The normalized spacial score (nSPS) is 12.1. The average molecular weight is 737 g/mol. The quantitative estimate of drug-likeness (QED) is 0.169. The summed E-state index contributed by atoms with van der Waals surface area (Å²) in [7, 11) is 0. The van der Waals surface area contributed by atoms with E-state index in [1.54, 1.807) is 0 Å². The first-order chi connectivity index (χ1) is 28.8. The van der Waals surface area contributed by atoms with Gasteiger partial charge in [-0.1, -0.05) is 146 Å². The molecule has 4 nitrogen and oxygen atoms in total. The van der Waals surface area contributed by atoms with Gasteiger partial charge in [-0.05, 0) is 86.2 Å². The SMILES string of the molecule is c1ccc2c(c1)cc(-c1nc(-n3c4ccccc4c4cc5cc(-n6c7ccccc7c7ccc8ccccc8c76)ccc5cc43)nc3ccccc13)c1ccccc12. The van der Waals surface area contributed by atoms with Crippen LogP contribution < -0.4 is 0 Å². The Bertz CT molecular complexity index is 3870. The van der Waals surface area contributed by atoms with E-state index in [1.165, 1.54) is 70.3 Å². The Labute approximate surface area is 332 Å². The topological polar surface area (TPSA) is 35.6 Å². The van der Waals surface area contributed by atoms with Crippen LogP contribution in [0.15, 0.2) is 194 Å². The molecule has 0 aliphatic heterocycles. The Hall–Kier alpha value is -7.82. The molecule has 0 unspecified atom stereocenters. The summed E-state index contributed by atoms with van der Waals surface area (Å²) in [5.41, 5.74) is 8.68. The lowest BCUT2D eigenvalue weighted by atomic mass is 9.94. The zero-order chi connectivity index (χ0) is 37.9. The molecule has 0 aliphatic carbocycles. The average Bonchev–Trinajstić information content (AvgIpc) is 3.80. The molecular formula is C54H32N4. The minimum absolute atomic E-state index is 0.658. The van der Waals surface area contributed by atoms with Crippen molar-refractivity contribution in [3.05, 3.63) is 194 Å². The van der Waals surface area contributed by atoms with Crippen molar-refractivity contribution in [2.45, 2.75) is 0 Å². The summed E-state index contributed by atoms with van der Waals surface area (Å²) in [4.78, 5) is 10.8. The van der Waals surface area contributed by atoms with Crippen LogP contribution in [0.2, 0.25) is 0 Å². The predicted molar refractivity (Wildman–Crippen MR) is 244 cm³/mol. The van der Waals surface area contributed by atoms with Crippen molar-refractivity contribution in [2.24, 2.45) is 0 Å². The van der Waals surface area contributed by atoms with E-state index in [0.717, 1.165) is 44.3 Å². The molecule has 10 aromatic carbocycles. The number of hydrogen-bond acceptors (Lipinski definition) is 2. The van der Waals surface area contributed by atoms with Crippen molar-refractivity contribution in [1.29, 1.82) is 0 Å². The molecule has 0 saturated carbocycles. The number of hydrogen-bond donors (Lipinski definition) is 0. The lowest BCUT2D eigenvalue weighted by Crippen LogP contribution is -2.03. The van der Waals surface area contributed by atoms with Gasteiger partial charge in [0.25, 0.3) is 0 Å².